The molecule has 7 nitrogen and oxygen atoms in total. The maximum Gasteiger partial charge on any atom is 0.228 e. The number of allylic oxidation sites excluding steroid dienone is 2. The van der Waals surface area contributed by atoms with E-state index in [0.717, 1.165) is 11.1 Å². The Kier molecular flexibility index (Phi) is 3.25. The third-order valence-corrected chi connectivity index (χ3v) is 5.19. The van der Waals surface area contributed by atoms with Crippen molar-refractivity contribution in [2.45, 2.75) is 39.5 Å². The van der Waals surface area contributed by atoms with Crippen LogP contribution in [0.4, 0.5) is 0 Å². The molecular formula is C20H19N5O2. The Bertz CT molecular complexity index is 1110. The van der Waals surface area contributed by atoms with Crippen LogP contribution in [-0.2, 0) is 4.79 Å². The van der Waals surface area contributed by atoms with E-state index in [2.05, 4.69) is 33.9 Å². The topological polar surface area (TPSA) is 82.3 Å². The van der Waals surface area contributed by atoms with Crippen LogP contribution in [0, 0.1) is 12.3 Å². The van der Waals surface area contributed by atoms with Crippen LogP contribution in [0.5, 0.6) is 5.88 Å². The van der Waals surface area contributed by atoms with Gasteiger partial charge in [0, 0.05) is 30.8 Å². The Balaban J connectivity index is 1.82. The standard InChI is InChI=1S/C20H19N5O2/c1-11-23-18-17-15(12-5-4-6-21-9-12)16-13(26)7-20(2,3)8-14(16)27-19(17)22-10-25(18)24-11/h4-6,9-10,15H,7-8H2,1-3H3/t15-/m1/s1. The lowest BCUT2D eigenvalue weighted by atomic mass is 9.70. The number of hydrogen-bond acceptors (Lipinski definition) is 6. The SMILES string of the molecule is Cc1nc2c3c(ncn2n1)OC1=C(C(=O)CC(C)(C)C1)[C@H]3c1cccnc1. The number of ether oxygens (including phenoxy) is 1. The van der Waals surface area contributed by atoms with E-state index in [9.17, 15) is 4.79 Å². The number of rotatable bonds is 1. The molecule has 0 spiro atoms. The van der Waals surface area contributed by atoms with Crippen molar-refractivity contribution in [3.8, 4) is 5.88 Å². The maximum atomic E-state index is 13.2. The number of carbonyl (C=O) groups excluding carboxylic acids is 1. The summed E-state index contributed by atoms with van der Waals surface area (Å²) in [6.07, 6.45) is 6.32. The van der Waals surface area contributed by atoms with Crippen LogP contribution in [-0.4, -0.2) is 30.3 Å². The molecular weight excluding hydrogens is 342 g/mol. The van der Waals surface area contributed by atoms with Crippen LogP contribution in [0.2, 0.25) is 0 Å². The van der Waals surface area contributed by atoms with E-state index < -0.39 is 0 Å². The summed E-state index contributed by atoms with van der Waals surface area (Å²) in [6.45, 7) is 6.01. The smallest absolute Gasteiger partial charge is 0.228 e. The Labute approximate surface area is 156 Å². The molecule has 1 aliphatic carbocycles. The zero-order chi connectivity index (χ0) is 18.8. The number of aromatic nitrogens is 5. The highest BCUT2D eigenvalue weighted by atomic mass is 16.5. The van der Waals surface area contributed by atoms with Gasteiger partial charge in [0.2, 0.25) is 5.88 Å². The number of nitrogens with zero attached hydrogens (tertiary/aromatic N) is 5. The summed E-state index contributed by atoms with van der Waals surface area (Å²) in [5, 5.41) is 4.37. The minimum atomic E-state index is -0.305. The van der Waals surface area contributed by atoms with E-state index in [4.69, 9.17) is 4.74 Å². The molecule has 0 N–H and O–H groups in total. The largest absolute Gasteiger partial charge is 0.442 e. The Morgan fingerprint density at radius 3 is 2.93 bits per heavy atom. The van der Waals surface area contributed by atoms with Gasteiger partial charge in [0.1, 0.15) is 17.9 Å². The predicted octanol–water partition coefficient (Wildman–Crippen LogP) is 3.00. The number of pyridine rings is 1. The van der Waals surface area contributed by atoms with Crippen LogP contribution in [0.3, 0.4) is 0 Å². The van der Waals surface area contributed by atoms with E-state index in [0.29, 0.717) is 41.5 Å². The summed E-state index contributed by atoms with van der Waals surface area (Å²) in [5.41, 5.74) is 2.93. The summed E-state index contributed by atoms with van der Waals surface area (Å²) in [5.74, 6) is 1.66. The summed E-state index contributed by atoms with van der Waals surface area (Å²) in [4.78, 5) is 26.5. The molecule has 1 atom stereocenters. The molecule has 0 unspecified atom stereocenters. The first-order chi connectivity index (χ1) is 12.9. The third-order valence-electron chi connectivity index (χ3n) is 5.19. The fourth-order valence-electron chi connectivity index (χ4n) is 4.13. The van der Waals surface area contributed by atoms with E-state index in [1.165, 1.54) is 0 Å². The summed E-state index contributed by atoms with van der Waals surface area (Å²) in [6, 6.07) is 3.86. The Morgan fingerprint density at radius 2 is 2.15 bits per heavy atom. The molecule has 0 bridgehead atoms. The molecule has 0 aromatic carbocycles. The van der Waals surface area contributed by atoms with E-state index >= 15 is 0 Å². The van der Waals surface area contributed by atoms with Crippen LogP contribution >= 0.6 is 0 Å². The molecule has 0 saturated carbocycles. The minimum Gasteiger partial charge on any atom is -0.442 e. The van der Waals surface area contributed by atoms with Crippen LogP contribution in [0.1, 0.15) is 49.6 Å². The van der Waals surface area contributed by atoms with Crippen molar-refractivity contribution in [3.05, 3.63) is 59.1 Å². The summed E-state index contributed by atoms with van der Waals surface area (Å²) in [7, 11) is 0. The summed E-state index contributed by atoms with van der Waals surface area (Å²) < 4.78 is 7.80. The highest BCUT2D eigenvalue weighted by Crippen LogP contribution is 2.50. The lowest BCUT2D eigenvalue weighted by molar-refractivity contribution is -0.118. The molecule has 1 aliphatic heterocycles. The molecule has 4 heterocycles. The van der Waals surface area contributed by atoms with E-state index in [1.54, 1.807) is 23.2 Å². The van der Waals surface area contributed by atoms with Gasteiger partial charge in [-0.25, -0.2) is 14.5 Å². The number of carbonyl (C=O) groups is 1. The van der Waals surface area contributed by atoms with Gasteiger partial charge < -0.3 is 4.74 Å². The quantitative estimate of drug-likeness (QED) is 0.663. The van der Waals surface area contributed by atoms with Crippen molar-refractivity contribution < 1.29 is 9.53 Å². The monoisotopic (exact) mass is 361 g/mol. The van der Waals surface area contributed by atoms with E-state index in [1.807, 2.05) is 19.1 Å². The molecule has 27 heavy (non-hydrogen) atoms. The van der Waals surface area contributed by atoms with Crippen LogP contribution < -0.4 is 4.74 Å². The number of Topliss-reactive ketones (excluding diaryl/α,β-unsaturated/α-hetero) is 1. The molecule has 5 rings (SSSR count). The second-order valence-electron chi connectivity index (χ2n) is 7.99. The van der Waals surface area contributed by atoms with Gasteiger partial charge in [-0.3, -0.25) is 9.78 Å². The number of ketones is 1. The van der Waals surface area contributed by atoms with Gasteiger partial charge in [0.15, 0.2) is 11.4 Å². The lowest BCUT2D eigenvalue weighted by Crippen LogP contribution is -2.33. The molecule has 3 aromatic rings. The third kappa shape index (κ3) is 2.45. The van der Waals surface area contributed by atoms with Gasteiger partial charge >= 0.3 is 0 Å². The molecule has 0 amide bonds. The molecule has 0 fully saturated rings. The zero-order valence-corrected chi connectivity index (χ0v) is 15.4. The fourth-order valence-corrected chi connectivity index (χ4v) is 4.13. The first-order valence-electron chi connectivity index (χ1n) is 8.99. The number of hydrogen-bond donors (Lipinski definition) is 0. The van der Waals surface area contributed by atoms with Gasteiger partial charge in [-0.15, -0.1) is 0 Å². The molecule has 0 radical (unpaired) electrons. The Hall–Kier alpha value is -3.09. The van der Waals surface area contributed by atoms with Gasteiger partial charge in [-0.2, -0.15) is 5.10 Å². The van der Waals surface area contributed by atoms with Gasteiger partial charge in [0.25, 0.3) is 0 Å². The van der Waals surface area contributed by atoms with Gasteiger partial charge in [-0.1, -0.05) is 19.9 Å². The van der Waals surface area contributed by atoms with Crippen molar-refractivity contribution >= 4 is 11.4 Å². The lowest BCUT2D eigenvalue weighted by Gasteiger charge is -2.37. The highest BCUT2D eigenvalue weighted by Gasteiger charge is 2.43. The van der Waals surface area contributed by atoms with Crippen molar-refractivity contribution in [2.24, 2.45) is 5.41 Å². The highest BCUT2D eigenvalue weighted by molar-refractivity contribution is 6.00. The Morgan fingerprint density at radius 1 is 1.30 bits per heavy atom. The number of aryl methyl sites for hydroxylation is 1. The first kappa shape index (κ1) is 16.1. The van der Waals surface area contributed by atoms with Gasteiger partial charge in [0.05, 0.1) is 11.5 Å². The second-order valence-corrected chi connectivity index (χ2v) is 7.99. The van der Waals surface area contributed by atoms with E-state index in [-0.39, 0.29) is 17.1 Å². The molecule has 136 valence electrons. The predicted molar refractivity (Wildman–Crippen MR) is 97.3 cm³/mol. The number of fused-ring (bicyclic) bond motifs is 3. The van der Waals surface area contributed by atoms with Crippen LogP contribution in [0.25, 0.3) is 5.65 Å². The van der Waals surface area contributed by atoms with Crippen molar-refractivity contribution in [1.29, 1.82) is 0 Å². The van der Waals surface area contributed by atoms with Crippen LogP contribution in [0.15, 0.2) is 42.2 Å². The molecule has 3 aromatic heterocycles. The van der Waals surface area contributed by atoms with Crippen molar-refractivity contribution in [3.63, 3.8) is 0 Å². The second kappa shape index (κ2) is 5.45. The molecule has 0 saturated heterocycles. The average Bonchev–Trinajstić information content (AvgIpc) is 3.00. The fraction of sp³-hybridized carbons (Fsp3) is 0.350. The van der Waals surface area contributed by atoms with Gasteiger partial charge in [-0.05, 0) is 24.0 Å². The summed E-state index contributed by atoms with van der Waals surface area (Å²) >= 11 is 0. The average molecular weight is 361 g/mol. The van der Waals surface area contributed by atoms with Crippen molar-refractivity contribution in [1.82, 2.24) is 24.6 Å². The van der Waals surface area contributed by atoms with Crippen molar-refractivity contribution in [2.75, 3.05) is 0 Å². The molecule has 2 aliphatic rings. The maximum absolute atomic E-state index is 13.2. The molecule has 7 heteroatoms. The minimum absolute atomic E-state index is 0.110. The normalized spacial score (nSPS) is 21.0. The zero-order valence-electron chi connectivity index (χ0n) is 15.4. The first-order valence-corrected chi connectivity index (χ1v) is 8.99.